The topological polar surface area (TPSA) is 72.4 Å². The van der Waals surface area contributed by atoms with Crippen LogP contribution in [0.1, 0.15) is 31.9 Å². The second-order valence-corrected chi connectivity index (χ2v) is 5.76. The highest BCUT2D eigenvalue weighted by molar-refractivity contribution is 5.85. The van der Waals surface area contributed by atoms with Gasteiger partial charge < -0.3 is 5.73 Å². The van der Waals surface area contributed by atoms with Crippen molar-refractivity contribution in [3.8, 4) is 0 Å². The fourth-order valence-corrected chi connectivity index (χ4v) is 2.67. The highest BCUT2D eigenvalue weighted by Crippen LogP contribution is 2.34. The van der Waals surface area contributed by atoms with Crippen LogP contribution in [0.4, 0.5) is 5.69 Å². The first-order valence-electron chi connectivity index (χ1n) is 6.64. The summed E-state index contributed by atoms with van der Waals surface area (Å²) < 4.78 is 0. The van der Waals surface area contributed by atoms with E-state index < -0.39 is 0 Å². The summed E-state index contributed by atoms with van der Waals surface area (Å²) in [5, 5.41) is 10.8. The van der Waals surface area contributed by atoms with Crippen LogP contribution in [0.2, 0.25) is 0 Å². The van der Waals surface area contributed by atoms with Crippen molar-refractivity contribution in [2.45, 2.75) is 26.3 Å². The Kier molecular flexibility index (Phi) is 5.50. The van der Waals surface area contributed by atoms with Crippen LogP contribution in [0.15, 0.2) is 24.3 Å². The molecule has 1 heterocycles. The van der Waals surface area contributed by atoms with Crippen LogP contribution in [0.5, 0.6) is 0 Å². The Bertz CT molecular complexity index is 483. The molecule has 1 saturated heterocycles. The smallest absolute Gasteiger partial charge is 0.269 e. The number of likely N-dealkylation sites (tertiary alicyclic amines) is 1. The maximum Gasteiger partial charge on any atom is 0.269 e. The number of hydrogen-bond acceptors (Lipinski definition) is 4. The minimum Gasteiger partial charge on any atom is -0.330 e. The molecule has 6 heteroatoms. The molecule has 0 radical (unpaired) electrons. The number of nitrogens with two attached hydrogens (primary N) is 1. The van der Waals surface area contributed by atoms with Crippen molar-refractivity contribution in [1.29, 1.82) is 0 Å². The molecule has 2 unspecified atom stereocenters. The summed E-state index contributed by atoms with van der Waals surface area (Å²) in [4.78, 5) is 12.8. The van der Waals surface area contributed by atoms with E-state index in [1.54, 1.807) is 12.1 Å². The lowest BCUT2D eigenvalue weighted by Crippen LogP contribution is -2.32. The van der Waals surface area contributed by atoms with Gasteiger partial charge in [-0.15, -0.1) is 12.4 Å². The Labute approximate surface area is 125 Å². The third-order valence-electron chi connectivity index (χ3n) is 4.19. The van der Waals surface area contributed by atoms with E-state index in [-0.39, 0.29) is 34.5 Å². The molecule has 5 nitrogen and oxygen atoms in total. The van der Waals surface area contributed by atoms with E-state index in [0.717, 1.165) is 25.1 Å². The van der Waals surface area contributed by atoms with Gasteiger partial charge in [-0.05, 0) is 37.4 Å². The Morgan fingerprint density at radius 1 is 1.55 bits per heavy atom. The molecule has 2 N–H and O–H groups in total. The van der Waals surface area contributed by atoms with Gasteiger partial charge in [-0.3, -0.25) is 15.0 Å². The first-order chi connectivity index (χ1) is 8.95. The number of non-ortho nitro benzene ring substituents is 1. The summed E-state index contributed by atoms with van der Waals surface area (Å²) in [6.07, 6.45) is 1.09. The minimum atomic E-state index is -0.343. The molecular weight excluding hydrogens is 278 g/mol. The predicted octanol–water partition coefficient (Wildman–Crippen LogP) is 2.75. The fourth-order valence-electron chi connectivity index (χ4n) is 2.67. The third-order valence-corrected chi connectivity index (χ3v) is 4.19. The maximum absolute atomic E-state index is 10.8. The molecule has 20 heavy (non-hydrogen) atoms. The number of hydrogen-bond donors (Lipinski definition) is 1. The molecule has 1 aliphatic rings. The zero-order valence-corrected chi connectivity index (χ0v) is 12.7. The van der Waals surface area contributed by atoms with Gasteiger partial charge in [-0.25, -0.2) is 0 Å². The van der Waals surface area contributed by atoms with Gasteiger partial charge in [-0.2, -0.15) is 0 Å². The summed E-state index contributed by atoms with van der Waals surface area (Å²) in [7, 11) is 0. The summed E-state index contributed by atoms with van der Waals surface area (Å²) >= 11 is 0. The Morgan fingerprint density at radius 3 is 2.80 bits per heavy atom. The van der Waals surface area contributed by atoms with Crippen LogP contribution in [0.3, 0.4) is 0 Å². The predicted molar refractivity (Wildman–Crippen MR) is 82.1 cm³/mol. The Hall–Kier alpha value is -1.17. The van der Waals surface area contributed by atoms with Crippen molar-refractivity contribution in [3.05, 3.63) is 39.9 Å². The van der Waals surface area contributed by atoms with E-state index in [1.807, 2.05) is 6.07 Å². The van der Waals surface area contributed by atoms with Crippen LogP contribution in [-0.4, -0.2) is 29.5 Å². The van der Waals surface area contributed by atoms with E-state index in [0.29, 0.717) is 6.54 Å². The van der Waals surface area contributed by atoms with Crippen LogP contribution >= 0.6 is 12.4 Å². The molecule has 0 aliphatic carbocycles. The van der Waals surface area contributed by atoms with E-state index in [9.17, 15) is 10.1 Å². The number of nitrogens with zero attached hydrogens (tertiary/aromatic N) is 2. The largest absolute Gasteiger partial charge is 0.330 e. The zero-order chi connectivity index (χ0) is 14.0. The molecule has 0 saturated carbocycles. The molecule has 1 fully saturated rings. The molecule has 0 spiro atoms. The first-order valence-corrected chi connectivity index (χ1v) is 6.64. The quantitative estimate of drug-likeness (QED) is 0.685. The second kappa shape index (κ2) is 6.52. The third kappa shape index (κ3) is 3.48. The Balaban J connectivity index is 0.00000200. The number of nitro benzene ring substituents is 1. The maximum atomic E-state index is 10.8. The van der Waals surface area contributed by atoms with Crippen molar-refractivity contribution in [2.75, 3.05) is 19.6 Å². The minimum absolute atomic E-state index is 0. The van der Waals surface area contributed by atoms with Gasteiger partial charge in [-0.1, -0.05) is 19.1 Å². The standard InChI is InChI=1S/C14H21N3O2.ClH/c1-11(16-7-6-14(2,9-15)10-16)12-4-3-5-13(8-12)17(18)19;/h3-5,8,11H,6-7,9-10,15H2,1-2H3;1H. The molecule has 0 amide bonds. The SMILES string of the molecule is CC(c1cccc([N+](=O)[O-])c1)N1CCC(C)(CN)C1.Cl. The van der Waals surface area contributed by atoms with Crippen LogP contribution in [-0.2, 0) is 0 Å². The number of benzene rings is 1. The second-order valence-electron chi connectivity index (χ2n) is 5.76. The highest BCUT2D eigenvalue weighted by Gasteiger charge is 2.35. The molecule has 2 rings (SSSR count). The van der Waals surface area contributed by atoms with E-state index in [4.69, 9.17) is 5.73 Å². The van der Waals surface area contributed by atoms with E-state index in [2.05, 4.69) is 18.7 Å². The van der Waals surface area contributed by atoms with Crippen molar-refractivity contribution < 1.29 is 4.92 Å². The lowest BCUT2D eigenvalue weighted by molar-refractivity contribution is -0.384. The summed E-state index contributed by atoms with van der Waals surface area (Å²) in [6, 6.07) is 7.10. The first kappa shape index (κ1) is 16.9. The van der Waals surface area contributed by atoms with Crippen molar-refractivity contribution >= 4 is 18.1 Å². The van der Waals surface area contributed by atoms with Gasteiger partial charge in [0.1, 0.15) is 0 Å². The number of rotatable bonds is 4. The molecule has 0 bridgehead atoms. The average Bonchev–Trinajstić information content (AvgIpc) is 2.81. The molecule has 2 atom stereocenters. The molecule has 112 valence electrons. The summed E-state index contributed by atoms with van der Waals surface area (Å²) in [6.45, 7) is 6.94. The van der Waals surface area contributed by atoms with E-state index >= 15 is 0 Å². The lowest BCUT2D eigenvalue weighted by Gasteiger charge is -2.27. The normalized spacial score (nSPS) is 24.1. The summed E-state index contributed by atoms with van der Waals surface area (Å²) in [5.41, 5.74) is 7.15. The molecule has 1 aromatic rings. The molecule has 0 aromatic heterocycles. The van der Waals surface area contributed by atoms with Crippen molar-refractivity contribution in [3.63, 3.8) is 0 Å². The van der Waals surface area contributed by atoms with Crippen LogP contribution in [0.25, 0.3) is 0 Å². The van der Waals surface area contributed by atoms with Gasteiger partial charge in [0.05, 0.1) is 4.92 Å². The van der Waals surface area contributed by atoms with Gasteiger partial charge >= 0.3 is 0 Å². The monoisotopic (exact) mass is 299 g/mol. The van der Waals surface area contributed by atoms with Crippen molar-refractivity contribution in [2.24, 2.45) is 11.1 Å². The summed E-state index contributed by atoms with van der Waals surface area (Å²) in [5.74, 6) is 0. The molecular formula is C14H22ClN3O2. The van der Waals surface area contributed by atoms with Gasteiger partial charge in [0.2, 0.25) is 0 Å². The van der Waals surface area contributed by atoms with Gasteiger partial charge in [0.25, 0.3) is 5.69 Å². The van der Waals surface area contributed by atoms with Crippen LogP contribution < -0.4 is 5.73 Å². The number of halogens is 1. The number of nitro groups is 1. The van der Waals surface area contributed by atoms with Crippen molar-refractivity contribution in [1.82, 2.24) is 4.90 Å². The average molecular weight is 300 g/mol. The highest BCUT2D eigenvalue weighted by atomic mass is 35.5. The Morgan fingerprint density at radius 2 is 2.25 bits per heavy atom. The van der Waals surface area contributed by atoms with Crippen LogP contribution in [0, 0.1) is 15.5 Å². The van der Waals surface area contributed by atoms with Gasteiger partial charge in [0, 0.05) is 24.7 Å². The zero-order valence-electron chi connectivity index (χ0n) is 11.9. The lowest BCUT2D eigenvalue weighted by atomic mass is 9.90. The van der Waals surface area contributed by atoms with E-state index in [1.165, 1.54) is 6.07 Å². The van der Waals surface area contributed by atoms with Gasteiger partial charge in [0.15, 0.2) is 0 Å². The molecule has 1 aromatic carbocycles. The molecule has 1 aliphatic heterocycles. The fraction of sp³-hybridized carbons (Fsp3) is 0.571.